The second kappa shape index (κ2) is 4.60. The minimum absolute atomic E-state index is 0.0486. The van der Waals surface area contributed by atoms with Crippen molar-refractivity contribution < 1.29 is 9.90 Å². The summed E-state index contributed by atoms with van der Waals surface area (Å²) in [5.74, 6) is 0.418. The van der Waals surface area contributed by atoms with Crippen molar-refractivity contribution in [2.45, 2.75) is 19.8 Å². The molecule has 0 aromatic carbocycles. The Morgan fingerprint density at radius 2 is 2.29 bits per heavy atom. The molecule has 14 heavy (non-hydrogen) atoms. The van der Waals surface area contributed by atoms with E-state index in [0.717, 1.165) is 12.8 Å². The Kier molecular flexibility index (Phi) is 3.45. The predicted molar refractivity (Wildman–Crippen MR) is 54.9 cm³/mol. The van der Waals surface area contributed by atoms with Gasteiger partial charge in [0.25, 0.3) is 0 Å². The molecule has 1 rings (SSSR count). The van der Waals surface area contributed by atoms with Gasteiger partial charge in [0.15, 0.2) is 0 Å². The van der Waals surface area contributed by atoms with Crippen LogP contribution in [-0.4, -0.2) is 17.7 Å². The van der Waals surface area contributed by atoms with Crippen LogP contribution in [0.4, 0.5) is 0 Å². The normalized spacial score (nSPS) is 17.8. The first kappa shape index (κ1) is 10.5. The van der Waals surface area contributed by atoms with Crippen molar-refractivity contribution in [1.29, 1.82) is 0 Å². The molecule has 4 nitrogen and oxygen atoms in total. The van der Waals surface area contributed by atoms with Gasteiger partial charge in [0.1, 0.15) is 11.6 Å². The number of aliphatic imine (C=N–C) groups is 1. The fourth-order valence-electron chi connectivity index (χ4n) is 0.918. The van der Waals surface area contributed by atoms with Gasteiger partial charge in [-0.1, -0.05) is 0 Å². The lowest BCUT2D eigenvalue weighted by molar-refractivity contribution is -0.121. The first-order valence-electron chi connectivity index (χ1n) is 4.52. The minimum Gasteiger partial charge on any atom is -0.508 e. The Morgan fingerprint density at radius 1 is 1.64 bits per heavy atom. The van der Waals surface area contributed by atoms with Gasteiger partial charge >= 0.3 is 0 Å². The van der Waals surface area contributed by atoms with Crippen LogP contribution in [0.2, 0.25) is 0 Å². The number of nitrogens with zero attached hydrogens (tertiary/aromatic N) is 1. The SMILES string of the molecule is C=N/C(=C\C(O)=C/C)NC(=O)C1CC1. The van der Waals surface area contributed by atoms with E-state index in [4.69, 9.17) is 0 Å². The molecule has 1 fully saturated rings. The van der Waals surface area contributed by atoms with E-state index in [1.54, 1.807) is 6.92 Å². The molecule has 0 bridgehead atoms. The predicted octanol–water partition coefficient (Wildman–Crippen LogP) is 1.52. The van der Waals surface area contributed by atoms with Crippen LogP contribution in [0.25, 0.3) is 0 Å². The molecule has 0 unspecified atom stereocenters. The van der Waals surface area contributed by atoms with E-state index in [0.29, 0.717) is 0 Å². The van der Waals surface area contributed by atoms with Crippen LogP contribution >= 0.6 is 0 Å². The first-order valence-corrected chi connectivity index (χ1v) is 4.52. The maximum atomic E-state index is 11.3. The lowest BCUT2D eigenvalue weighted by Gasteiger charge is -2.03. The monoisotopic (exact) mass is 194 g/mol. The van der Waals surface area contributed by atoms with Gasteiger partial charge in [0.05, 0.1) is 0 Å². The summed E-state index contributed by atoms with van der Waals surface area (Å²) in [6, 6.07) is 0. The fourth-order valence-corrected chi connectivity index (χ4v) is 0.918. The molecule has 4 heteroatoms. The van der Waals surface area contributed by atoms with Gasteiger partial charge in [-0.15, -0.1) is 0 Å². The third kappa shape index (κ3) is 3.05. The van der Waals surface area contributed by atoms with Crippen molar-refractivity contribution in [2.75, 3.05) is 0 Å². The molecule has 0 aromatic rings. The molecule has 1 amide bonds. The highest BCUT2D eigenvalue weighted by atomic mass is 16.3. The van der Waals surface area contributed by atoms with Crippen molar-refractivity contribution >= 4 is 12.6 Å². The van der Waals surface area contributed by atoms with Gasteiger partial charge in [0, 0.05) is 12.0 Å². The summed E-state index contributed by atoms with van der Waals surface area (Å²) in [6.07, 6.45) is 4.75. The van der Waals surface area contributed by atoms with Gasteiger partial charge < -0.3 is 10.4 Å². The van der Waals surface area contributed by atoms with E-state index in [1.807, 2.05) is 0 Å². The smallest absolute Gasteiger partial charge is 0.228 e. The molecule has 1 saturated carbocycles. The second-order valence-electron chi connectivity index (χ2n) is 3.16. The van der Waals surface area contributed by atoms with Crippen molar-refractivity contribution in [3.8, 4) is 0 Å². The summed E-state index contributed by atoms with van der Waals surface area (Å²) in [5, 5.41) is 11.8. The Hall–Kier alpha value is -1.58. The van der Waals surface area contributed by atoms with Crippen LogP contribution in [0, 0.1) is 5.92 Å². The first-order chi connectivity index (χ1) is 6.67. The number of amides is 1. The average Bonchev–Trinajstić information content (AvgIpc) is 2.99. The van der Waals surface area contributed by atoms with E-state index < -0.39 is 0 Å². The Bertz CT molecular complexity index is 301. The number of nitrogens with one attached hydrogen (secondary N) is 1. The highest BCUT2D eigenvalue weighted by Crippen LogP contribution is 2.29. The number of rotatable bonds is 4. The van der Waals surface area contributed by atoms with Crippen LogP contribution in [0.1, 0.15) is 19.8 Å². The lowest BCUT2D eigenvalue weighted by Crippen LogP contribution is -2.23. The van der Waals surface area contributed by atoms with Gasteiger partial charge in [-0.2, -0.15) is 0 Å². The molecule has 0 aliphatic heterocycles. The summed E-state index contributed by atoms with van der Waals surface area (Å²) in [4.78, 5) is 14.9. The molecule has 1 aliphatic rings. The number of aliphatic hydroxyl groups is 1. The largest absolute Gasteiger partial charge is 0.508 e. The van der Waals surface area contributed by atoms with E-state index in [1.165, 1.54) is 12.2 Å². The fraction of sp³-hybridized carbons (Fsp3) is 0.400. The molecule has 1 aliphatic carbocycles. The molecule has 0 spiro atoms. The van der Waals surface area contributed by atoms with Gasteiger partial charge in [-0.3, -0.25) is 4.79 Å². The zero-order chi connectivity index (χ0) is 10.6. The van der Waals surface area contributed by atoms with Crippen molar-refractivity contribution in [3.63, 3.8) is 0 Å². The van der Waals surface area contributed by atoms with Gasteiger partial charge in [-0.05, 0) is 32.6 Å². The molecule has 0 atom stereocenters. The third-order valence-corrected chi connectivity index (χ3v) is 1.95. The molecule has 0 radical (unpaired) electrons. The van der Waals surface area contributed by atoms with Crippen molar-refractivity contribution in [1.82, 2.24) is 5.32 Å². The average molecular weight is 194 g/mol. The van der Waals surface area contributed by atoms with E-state index in [2.05, 4.69) is 17.0 Å². The van der Waals surface area contributed by atoms with Crippen molar-refractivity contribution in [3.05, 3.63) is 23.7 Å². The summed E-state index contributed by atoms with van der Waals surface area (Å²) in [7, 11) is 0. The lowest BCUT2D eigenvalue weighted by atomic mass is 10.3. The van der Waals surface area contributed by atoms with Crippen LogP contribution in [0.15, 0.2) is 28.7 Å². The topological polar surface area (TPSA) is 61.7 Å². The number of carbonyl (C=O) groups excluding carboxylic acids is 1. The molecule has 0 saturated heterocycles. The third-order valence-electron chi connectivity index (χ3n) is 1.95. The maximum absolute atomic E-state index is 11.3. The van der Waals surface area contributed by atoms with Crippen LogP contribution in [-0.2, 0) is 4.79 Å². The standard InChI is InChI=1S/C10H14N2O2/c1-3-8(13)6-9(11-2)12-10(14)7-4-5-7/h3,6-7,13H,2,4-5H2,1H3,(H,12,14)/b8-3+,9-6+. The molecular weight excluding hydrogens is 180 g/mol. The number of carbonyl (C=O) groups is 1. The summed E-state index contributed by atoms with van der Waals surface area (Å²) in [6.45, 7) is 5.00. The number of aliphatic hydroxyl groups excluding tert-OH is 1. The molecule has 2 N–H and O–H groups in total. The van der Waals surface area contributed by atoms with E-state index in [-0.39, 0.29) is 23.4 Å². The minimum atomic E-state index is -0.0486. The quantitative estimate of drug-likeness (QED) is 0.405. The summed E-state index contributed by atoms with van der Waals surface area (Å²) < 4.78 is 0. The number of hydrogen-bond acceptors (Lipinski definition) is 3. The highest BCUT2D eigenvalue weighted by molar-refractivity contribution is 5.82. The van der Waals surface area contributed by atoms with Crippen LogP contribution in [0.5, 0.6) is 0 Å². The maximum Gasteiger partial charge on any atom is 0.228 e. The van der Waals surface area contributed by atoms with E-state index >= 15 is 0 Å². The Morgan fingerprint density at radius 3 is 2.71 bits per heavy atom. The number of hydrogen-bond donors (Lipinski definition) is 2. The summed E-state index contributed by atoms with van der Waals surface area (Å²) in [5.41, 5.74) is 0. The molecule has 76 valence electrons. The van der Waals surface area contributed by atoms with E-state index in [9.17, 15) is 9.90 Å². The second-order valence-corrected chi connectivity index (χ2v) is 3.16. The number of allylic oxidation sites excluding steroid dienone is 2. The highest BCUT2D eigenvalue weighted by Gasteiger charge is 2.29. The Labute approximate surface area is 83.0 Å². The van der Waals surface area contributed by atoms with Gasteiger partial charge in [0.2, 0.25) is 5.91 Å². The van der Waals surface area contributed by atoms with Crippen molar-refractivity contribution in [2.24, 2.45) is 10.9 Å². The summed E-state index contributed by atoms with van der Waals surface area (Å²) >= 11 is 0. The molecular formula is C10H14N2O2. The zero-order valence-electron chi connectivity index (χ0n) is 8.16. The van der Waals surface area contributed by atoms with Crippen LogP contribution < -0.4 is 5.32 Å². The zero-order valence-corrected chi connectivity index (χ0v) is 8.16. The molecule has 0 aromatic heterocycles. The Balaban J connectivity index is 2.57. The van der Waals surface area contributed by atoms with Gasteiger partial charge in [-0.25, -0.2) is 4.99 Å². The molecule has 0 heterocycles. The van der Waals surface area contributed by atoms with Crippen LogP contribution in [0.3, 0.4) is 0 Å².